The molecule has 0 fully saturated rings. The van der Waals surface area contributed by atoms with E-state index in [0.29, 0.717) is 0 Å². The molecule has 5 heteroatoms. The first-order valence-corrected chi connectivity index (χ1v) is 25.1. The van der Waals surface area contributed by atoms with Gasteiger partial charge < -0.3 is 0 Å². The van der Waals surface area contributed by atoms with E-state index in [0.717, 1.165) is 52.4 Å². The van der Waals surface area contributed by atoms with Gasteiger partial charge in [0.25, 0.3) is 0 Å². The van der Waals surface area contributed by atoms with Crippen LogP contribution in [0, 0.1) is 0 Å². The summed E-state index contributed by atoms with van der Waals surface area (Å²) in [6.07, 6.45) is 0. The summed E-state index contributed by atoms with van der Waals surface area (Å²) in [5, 5.41) is 0. The summed E-state index contributed by atoms with van der Waals surface area (Å²) >= 11 is -4.00. The van der Waals surface area contributed by atoms with Gasteiger partial charge in [-0.15, -0.1) is 0 Å². The van der Waals surface area contributed by atoms with Crippen molar-refractivity contribution < 1.29 is 0 Å². The normalized spacial score (nSPS) is 11.4. The fraction of sp³-hybridized carbons (Fsp3) is 0.400. The average molecular weight is 800 g/mol. The van der Waals surface area contributed by atoms with Crippen molar-refractivity contribution in [3.63, 3.8) is 0 Å². The molecule has 0 amide bonds. The minimum atomic E-state index is -4.00. The van der Waals surface area contributed by atoms with Crippen molar-refractivity contribution in [2.45, 2.75) is 55.4 Å². The van der Waals surface area contributed by atoms with Gasteiger partial charge in [-0.05, 0) is 0 Å². The topological polar surface area (TPSA) is 13.0 Å². The van der Waals surface area contributed by atoms with E-state index in [1.54, 1.807) is 0 Å². The second-order valence-corrected chi connectivity index (χ2v) is 26.4. The van der Waals surface area contributed by atoms with Crippen molar-refractivity contribution in [3.8, 4) is 0 Å². The van der Waals surface area contributed by atoms with Gasteiger partial charge in [0, 0.05) is 0 Å². The van der Waals surface area contributed by atoms with Crippen LogP contribution in [0.2, 0.25) is 0 Å². The average Bonchev–Trinajstić information content (AvgIpc) is 3.10. The van der Waals surface area contributed by atoms with Gasteiger partial charge in [-0.25, -0.2) is 0 Å². The Kier molecular flexibility index (Phi) is 12.8. The van der Waals surface area contributed by atoms with Gasteiger partial charge in [-0.1, -0.05) is 0 Å². The van der Waals surface area contributed by atoms with Crippen LogP contribution in [0.15, 0.2) is 97.1 Å². The second kappa shape index (κ2) is 16.5. The number of hydrogen-bond donors (Lipinski definition) is 0. The third-order valence-electron chi connectivity index (χ3n) is 9.72. The molecule has 0 aromatic heterocycles. The Morgan fingerprint density at radius 2 is 0.444 bits per heavy atom. The molecule has 0 bridgehead atoms. The SMILES string of the molecule is CCN(CC)c1cc[c]([Pb]([c]2ccc(N(CC)CC)cc2)([c]2ccc(N(CC)CC)cc2)[c]2ccc(N(CC)CC)cc2)cc1. The Hall–Kier alpha value is -3.00. The molecule has 45 heavy (non-hydrogen) atoms. The summed E-state index contributed by atoms with van der Waals surface area (Å²) < 4.78 is 6.00. The maximum absolute atomic E-state index is 4.00. The maximum atomic E-state index is 2.46. The van der Waals surface area contributed by atoms with Gasteiger partial charge in [0.2, 0.25) is 0 Å². The van der Waals surface area contributed by atoms with Crippen LogP contribution in [0.3, 0.4) is 0 Å². The van der Waals surface area contributed by atoms with E-state index in [9.17, 15) is 0 Å². The van der Waals surface area contributed by atoms with Crippen molar-refractivity contribution in [1.29, 1.82) is 0 Å². The molecule has 0 aliphatic heterocycles. The molecule has 0 atom stereocenters. The predicted octanol–water partition coefficient (Wildman–Crippen LogP) is 6.45. The van der Waals surface area contributed by atoms with Crippen molar-refractivity contribution in [2.24, 2.45) is 0 Å². The van der Waals surface area contributed by atoms with Gasteiger partial charge in [0.05, 0.1) is 0 Å². The zero-order valence-corrected chi connectivity index (χ0v) is 33.1. The summed E-state index contributed by atoms with van der Waals surface area (Å²) in [7, 11) is 0. The Morgan fingerprint density at radius 3 is 0.578 bits per heavy atom. The van der Waals surface area contributed by atoms with E-state index < -0.39 is 21.2 Å². The van der Waals surface area contributed by atoms with Crippen LogP contribution in [0.5, 0.6) is 0 Å². The third kappa shape index (κ3) is 7.21. The van der Waals surface area contributed by atoms with Gasteiger partial charge in [-0.2, -0.15) is 0 Å². The Morgan fingerprint density at radius 1 is 0.289 bits per heavy atom. The first-order valence-electron chi connectivity index (χ1n) is 17.4. The first-order chi connectivity index (χ1) is 21.9. The number of benzene rings is 4. The molecule has 4 rings (SSSR count). The van der Waals surface area contributed by atoms with E-state index >= 15 is 0 Å². The summed E-state index contributed by atoms with van der Waals surface area (Å²) in [5.41, 5.74) is 5.21. The van der Waals surface area contributed by atoms with E-state index in [1.807, 2.05) is 0 Å². The van der Waals surface area contributed by atoms with Gasteiger partial charge in [0.1, 0.15) is 0 Å². The molecule has 0 radical (unpaired) electrons. The molecule has 4 aromatic carbocycles. The number of anilines is 4. The third-order valence-corrected chi connectivity index (χ3v) is 28.4. The molecule has 4 nitrogen and oxygen atoms in total. The molecule has 240 valence electrons. The van der Waals surface area contributed by atoms with Crippen LogP contribution in [-0.2, 0) is 0 Å². The van der Waals surface area contributed by atoms with Crippen molar-refractivity contribution in [1.82, 2.24) is 0 Å². The quantitative estimate of drug-likeness (QED) is 0.121. The Bertz CT molecular complexity index is 1190. The van der Waals surface area contributed by atoms with Gasteiger partial charge >= 0.3 is 281 Å². The number of hydrogen-bond acceptors (Lipinski definition) is 4. The summed E-state index contributed by atoms with van der Waals surface area (Å²) in [6.45, 7) is 26.0. The number of nitrogens with zero attached hydrogens (tertiary/aromatic N) is 4. The fourth-order valence-corrected chi connectivity index (χ4v) is 25.2. The molecule has 0 saturated carbocycles. The van der Waals surface area contributed by atoms with E-state index in [1.165, 1.54) is 35.2 Å². The molecule has 0 heterocycles. The van der Waals surface area contributed by atoms with Crippen molar-refractivity contribution >= 4 is 56.4 Å². The zero-order valence-electron chi connectivity index (χ0n) is 29.2. The van der Waals surface area contributed by atoms with Crippen LogP contribution in [0.1, 0.15) is 55.4 Å². The van der Waals surface area contributed by atoms with Gasteiger partial charge in [-0.3, -0.25) is 0 Å². The first kappa shape index (κ1) is 34.9. The van der Waals surface area contributed by atoms with Crippen LogP contribution in [0.4, 0.5) is 22.7 Å². The molecule has 4 aromatic rings. The molecule has 0 aliphatic carbocycles. The molecule has 0 aliphatic rings. The van der Waals surface area contributed by atoms with Crippen LogP contribution < -0.4 is 32.1 Å². The minimum absolute atomic E-state index is 1.01. The van der Waals surface area contributed by atoms with E-state index in [-0.39, 0.29) is 0 Å². The fourth-order valence-electron chi connectivity index (χ4n) is 7.04. The van der Waals surface area contributed by atoms with Gasteiger partial charge in [0.15, 0.2) is 0 Å². The van der Waals surface area contributed by atoms with E-state index in [4.69, 9.17) is 0 Å². The zero-order chi connectivity index (χ0) is 32.4. The second-order valence-electron chi connectivity index (χ2n) is 11.6. The summed E-state index contributed by atoms with van der Waals surface area (Å²) in [6, 6.07) is 38.7. The Balaban J connectivity index is 2.03. The van der Waals surface area contributed by atoms with Crippen molar-refractivity contribution in [2.75, 3.05) is 72.0 Å². The molecule has 0 spiro atoms. The summed E-state index contributed by atoms with van der Waals surface area (Å²) in [5.74, 6) is 0. The van der Waals surface area contributed by atoms with Crippen LogP contribution in [-0.4, -0.2) is 73.5 Å². The standard InChI is InChI=1S/4C10H14N.Pb/c4*1-3-11(4-2)10-8-6-5-7-9-10;/h4*6-9H,3-4H2,1-2H3;. The van der Waals surface area contributed by atoms with Crippen molar-refractivity contribution in [3.05, 3.63) is 97.1 Å². The molecular formula is C40H56N4Pb. The molecule has 0 N–H and O–H groups in total. The monoisotopic (exact) mass is 800 g/mol. The molecular weight excluding hydrogens is 744 g/mol. The predicted molar refractivity (Wildman–Crippen MR) is 204 cm³/mol. The number of rotatable bonds is 16. The van der Waals surface area contributed by atoms with Crippen LogP contribution in [0.25, 0.3) is 0 Å². The Labute approximate surface area is 279 Å². The molecule has 0 saturated heterocycles. The van der Waals surface area contributed by atoms with Crippen LogP contribution >= 0.6 is 0 Å². The van der Waals surface area contributed by atoms with E-state index in [2.05, 4.69) is 172 Å². The molecule has 0 unspecified atom stereocenters. The summed E-state index contributed by atoms with van der Waals surface area (Å²) in [4.78, 5) is 9.77.